The molecule has 1 aliphatic heterocycles. The van der Waals surface area contributed by atoms with Gasteiger partial charge < -0.3 is 14.6 Å². The zero-order chi connectivity index (χ0) is 17.8. The van der Waals surface area contributed by atoms with Crippen molar-refractivity contribution < 1.29 is 9.53 Å². The topological polar surface area (TPSA) is 88.2 Å². The maximum atomic E-state index is 12.9. The number of nitrogens with zero attached hydrogens (tertiary/aromatic N) is 3. The van der Waals surface area contributed by atoms with Crippen molar-refractivity contribution in [3.8, 4) is 5.88 Å². The smallest absolute Gasteiger partial charge is 0.259 e. The van der Waals surface area contributed by atoms with Crippen molar-refractivity contribution in [2.45, 2.75) is 32.6 Å². The van der Waals surface area contributed by atoms with Crippen LogP contribution in [-0.4, -0.2) is 45.5 Å². The van der Waals surface area contributed by atoms with Gasteiger partial charge in [-0.3, -0.25) is 9.59 Å². The predicted octanol–water partition coefficient (Wildman–Crippen LogP) is 1.89. The van der Waals surface area contributed by atoms with Gasteiger partial charge in [-0.2, -0.15) is 0 Å². The van der Waals surface area contributed by atoms with Crippen molar-refractivity contribution in [3.05, 3.63) is 51.8 Å². The standard InChI is InChI=1S/C18H22N4O3/c1-3-25-17-14(7-4-8-19-17)18(24)22-9-5-6-13(11-22)15-10-16(23)21-12(2)20-15/h4,7-8,10,13H,3,5-6,9,11H2,1-2H3,(H,20,21,23). The van der Waals surface area contributed by atoms with Gasteiger partial charge in [-0.1, -0.05) is 0 Å². The highest BCUT2D eigenvalue weighted by Crippen LogP contribution is 2.27. The van der Waals surface area contributed by atoms with E-state index in [0.717, 1.165) is 18.5 Å². The summed E-state index contributed by atoms with van der Waals surface area (Å²) in [5.41, 5.74) is 1.06. The molecule has 3 rings (SSSR count). The Kier molecular flexibility index (Phi) is 5.11. The third-order valence-electron chi connectivity index (χ3n) is 4.29. The third kappa shape index (κ3) is 3.87. The van der Waals surface area contributed by atoms with E-state index >= 15 is 0 Å². The van der Waals surface area contributed by atoms with Crippen LogP contribution >= 0.6 is 0 Å². The van der Waals surface area contributed by atoms with Crippen LogP contribution in [-0.2, 0) is 0 Å². The molecule has 0 saturated carbocycles. The zero-order valence-corrected chi connectivity index (χ0v) is 14.5. The molecule has 1 fully saturated rings. The summed E-state index contributed by atoms with van der Waals surface area (Å²) in [6.45, 7) is 5.30. The first kappa shape index (κ1) is 17.1. The molecule has 1 atom stereocenters. The molecule has 132 valence electrons. The highest BCUT2D eigenvalue weighted by atomic mass is 16.5. The SMILES string of the molecule is CCOc1ncccc1C(=O)N1CCCC(c2cc(=O)[nH]c(C)n2)C1. The van der Waals surface area contributed by atoms with Crippen LogP contribution in [0.5, 0.6) is 5.88 Å². The molecule has 0 radical (unpaired) electrons. The molecule has 0 aromatic carbocycles. The van der Waals surface area contributed by atoms with Gasteiger partial charge in [-0.25, -0.2) is 9.97 Å². The van der Waals surface area contributed by atoms with Crippen molar-refractivity contribution in [2.24, 2.45) is 0 Å². The molecule has 2 aromatic rings. The van der Waals surface area contributed by atoms with Crippen molar-refractivity contribution in [1.29, 1.82) is 0 Å². The molecule has 7 heteroatoms. The molecule has 7 nitrogen and oxygen atoms in total. The van der Waals surface area contributed by atoms with Gasteiger partial charge in [-0.15, -0.1) is 0 Å². The number of rotatable bonds is 4. The molecule has 25 heavy (non-hydrogen) atoms. The average Bonchev–Trinajstić information content (AvgIpc) is 2.61. The van der Waals surface area contributed by atoms with E-state index in [-0.39, 0.29) is 17.4 Å². The van der Waals surface area contributed by atoms with E-state index in [1.807, 2.05) is 6.92 Å². The highest BCUT2D eigenvalue weighted by molar-refractivity contribution is 5.96. The lowest BCUT2D eigenvalue weighted by molar-refractivity contribution is 0.0700. The van der Waals surface area contributed by atoms with Crippen LogP contribution in [0.25, 0.3) is 0 Å². The average molecular weight is 342 g/mol. The first-order valence-electron chi connectivity index (χ1n) is 8.53. The quantitative estimate of drug-likeness (QED) is 0.917. The number of carbonyl (C=O) groups is 1. The molecule has 1 amide bonds. The second-order valence-corrected chi connectivity index (χ2v) is 6.14. The van der Waals surface area contributed by atoms with Crippen molar-refractivity contribution in [3.63, 3.8) is 0 Å². The van der Waals surface area contributed by atoms with E-state index < -0.39 is 0 Å². The van der Waals surface area contributed by atoms with Crippen LogP contribution in [0.15, 0.2) is 29.2 Å². The zero-order valence-electron chi connectivity index (χ0n) is 14.5. The number of piperidine rings is 1. The Morgan fingerprint density at radius 2 is 2.32 bits per heavy atom. The summed E-state index contributed by atoms with van der Waals surface area (Å²) in [7, 11) is 0. The normalized spacial score (nSPS) is 17.4. The molecular formula is C18H22N4O3. The Morgan fingerprint density at radius 1 is 1.48 bits per heavy atom. The van der Waals surface area contributed by atoms with Gasteiger partial charge in [0.1, 0.15) is 11.4 Å². The first-order valence-corrected chi connectivity index (χ1v) is 8.53. The Balaban J connectivity index is 1.81. The number of aromatic nitrogens is 3. The number of hydrogen-bond acceptors (Lipinski definition) is 5. The van der Waals surface area contributed by atoms with Crippen LogP contribution in [0.4, 0.5) is 0 Å². The molecule has 1 N–H and O–H groups in total. The minimum atomic E-state index is -0.156. The maximum Gasteiger partial charge on any atom is 0.259 e. The van der Waals surface area contributed by atoms with Gasteiger partial charge in [0.05, 0.1) is 12.3 Å². The van der Waals surface area contributed by atoms with E-state index in [1.54, 1.807) is 30.2 Å². The molecule has 0 aliphatic carbocycles. The van der Waals surface area contributed by atoms with E-state index in [4.69, 9.17) is 4.74 Å². The van der Waals surface area contributed by atoms with E-state index in [9.17, 15) is 9.59 Å². The van der Waals surface area contributed by atoms with Crippen LogP contribution in [0.2, 0.25) is 0 Å². The van der Waals surface area contributed by atoms with Crippen LogP contribution in [0.1, 0.15) is 47.6 Å². The van der Waals surface area contributed by atoms with Crippen LogP contribution in [0, 0.1) is 6.92 Å². The number of amides is 1. The molecule has 1 aliphatic rings. The van der Waals surface area contributed by atoms with Gasteiger partial charge in [-0.05, 0) is 38.8 Å². The molecule has 1 unspecified atom stereocenters. The van der Waals surface area contributed by atoms with Crippen molar-refractivity contribution in [2.75, 3.05) is 19.7 Å². The lowest BCUT2D eigenvalue weighted by atomic mass is 9.94. The third-order valence-corrected chi connectivity index (χ3v) is 4.29. The summed E-state index contributed by atoms with van der Waals surface area (Å²) in [5, 5.41) is 0. The first-order chi connectivity index (χ1) is 12.1. The predicted molar refractivity (Wildman–Crippen MR) is 92.9 cm³/mol. The molecule has 2 aromatic heterocycles. The van der Waals surface area contributed by atoms with Crippen molar-refractivity contribution in [1.82, 2.24) is 19.9 Å². The molecule has 0 spiro atoms. The Labute approximate surface area is 146 Å². The van der Waals surface area contributed by atoms with E-state index in [2.05, 4.69) is 15.0 Å². The minimum Gasteiger partial charge on any atom is -0.477 e. The molecule has 3 heterocycles. The molecular weight excluding hydrogens is 320 g/mol. The fourth-order valence-corrected chi connectivity index (χ4v) is 3.19. The monoisotopic (exact) mass is 342 g/mol. The van der Waals surface area contributed by atoms with Gasteiger partial charge >= 0.3 is 0 Å². The van der Waals surface area contributed by atoms with Gasteiger partial charge in [0.2, 0.25) is 5.88 Å². The number of pyridine rings is 1. The highest BCUT2D eigenvalue weighted by Gasteiger charge is 2.28. The number of hydrogen-bond donors (Lipinski definition) is 1. The number of nitrogens with one attached hydrogen (secondary N) is 1. The second kappa shape index (κ2) is 7.46. The van der Waals surface area contributed by atoms with E-state index in [1.165, 1.54) is 6.07 Å². The summed E-state index contributed by atoms with van der Waals surface area (Å²) < 4.78 is 5.48. The Morgan fingerprint density at radius 3 is 3.08 bits per heavy atom. The number of aromatic amines is 1. The summed E-state index contributed by atoms with van der Waals surface area (Å²) in [6.07, 6.45) is 3.39. The van der Waals surface area contributed by atoms with Gasteiger partial charge in [0, 0.05) is 31.3 Å². The fourth-order valence-electron chi connectivity index (χ4n) is 3.19. The number of likely N-dealkylation sites (tertiary alicyclic amines) is 1. The van der Waals surface area contributed by atoms with Gasteiger partial charge in [0.15, 0.2) is 0 Å². The van der Waals surface area contributed by atoms with E-state index in [0.29, 0.717) is 37.0 Å². The molecule has 1 saturated heterocycles. The summed E-state index contributed by atoms with van der Waals surface area (Å²) >= 11 is 0. The molecule has 0 bridgehead atoms. The summed E-state index contributed by atoms with van der Waals surface area (Å²) in [4.78, 5) is 37.7. The Hall–Kier alpha value is -2.70. The van der Waals surface area contributed by atoms with Gasteiger partial charge in [0.25, 0.3) is 11.5 Å². The number of ether oxygens (including phenoxy) is 1. The Bertz CT molecular complexity index is 818. The minimum absolute atomic E-state index is 0.0610. The maximum absolute atomic E-state index is 12.9. The number of aryl methyl sites for hydroxylation is 1. The second-order valence-electron chi connectivity index (χ2n) is 6.14. The number of H-pyrrole nitrogens is 1. The van der Waals surface area contributed by atoms with Crippen LogP contribution in [0.3, 0.4) is 0 Å². The lowest BCUT2D eigenvalue weighted by Crippen LogP contribution is -2.39. The fraction of sp³-hybridized carbons (Fsp3) is 0.444. The van der Waals surface area contributed by atoms with Crippen molar-refractivity contribution >= 4 is 5.91 Å². The number of carbonyl (C=O) groups excluding carboxylic acids is 1. The largest absolute Gasteiger partial charge is 0.477 e. The van der Waals surface area contributed by atoms with Crippen LogP contribution < -0.4 is 10.3 Å². The lowest BCUT2D eigenvalue weighted by Gasteiger charge is -2.32. The summed E-state index contributed by atoms with van der Waals surface area (Å²) in [6, 6.07) is 5.00. The summed E-state index contributed by atoms with van der Waals surface area (Å²) in [5.74, 6) is 0.924.